The summed E-state index contributed by atoms with van der Waals surface area (Å²) in [6, 6.07) is 14.3. The second kappa shape index (κ2) is 6.52. The highest BCUT2D eigenvalue weighted by molar-refractivity contribution is 5.94. The van der Waals surface area contributed by atoms with Crippen LogP contribution in [0.1, 0.15) is 26.3 Å². The van der Waals surface area contributed by atoms with Crippen LogP contribution in [0.15, 0.2) is 48.5 Å². The Morgan fingerprint density at radius 3 is 2.55 bits per heavy atom. The van der Waals surface area contributed by atoms with Gasteiger partial charge in [-0.25, -0.2) is 0 Å². The number of hydrogen-bond acceptors (Lipinski definition) is 3. The lowest BCUT2D eigenvalue weighted by molar-refractivity contribution is 0.0953. The number of carbonyl (C=O) groups is 2. The zero-order chi connectivity index (χ0) is 14.4. The molecule has 0 saturated carbocycles. The average Bonchev–Trinajstić information content (AvgIpc) is 2.49. The molecule has 4 heteroatoms. The molecule has 0 heterocycles. The number of nitrogens with one attached hydrogen (secondary N) is 1. The minimum absolute atomic E-state index is 0.115. The van der Waals surface area contributed by atoms with E-state index in [9.17, 15) is 9.59 Å². The molecule has 0 aromatic heterocycles. The third-order valence-corrected chi connectivity index (χ3v) is 3.07. The third-order valence-electron chi connectivity index (χ3n) is 3.07. The van der Waals surface area contributed by atoms with Gasteiger partial charge in [-0.15, -0.1) is 0 Å². The largest absolute Gasteiger partial charge is 0.398 e. The van der Waals surface area contributed by atoms with Gasteiger partial charge in [-0.3, -0.25) is 9.59 Å². The van der Waals surface area contributed by atoms with Crippen LogP contribution in [-0.4, -0.2) is 18.7 Å². The Hall–Kier alpha value is -2.62. The van der Waals surface area contributed by atoms with Crippen LogP contribution in [0.3, 0.4) is 0 Å². The summed E-state index contributed by atoms with van der Waals surface area (Å²) >= 11 is 0. The normalized spacial score (nSPS) is 10.0. The second-order valence-electron chi connectivity index (χ2n) is 4.41. The molecule has 0 unspecified atom stereocenters. The number of amides is 1. The highest BCUT2D eigenvalue weighted by Gasteiger charge is 2.06. The predicted molar refractivity (Wildman–Crippen MR) is 78.7 cm³/mol. The van der Waals surface area contributed by atoms with Crippen molar-refractivity contribution in [2.45, 2.75) is 6.42 Å². The molecule has 3 N–H and O–H groups in total. The molecule has 2 rings (SSSR count). The summed E-state index contributed by atoms with van der Waals surface area (Å²) in [5.74, 6) is -0.115. The van der Waals surface area contributed by atoms with Gasteiger partial charge in [-0.1, -0.05) is 30.3 Å². The monoisotopic (exact) mass is 268 g/mol. The highest BCUT2D eigenvalue weighted by atomic mass is 16.1. The first-order valence-electron chi connectivity index (χ1n) is 6.38. The molecule has 2 aromatic rings. The molecular weight excluding hydrogens is 252 g/mol. The van der Waals surface area contributed by atoms with Crippen molar-refractivity contribution in [3.05, 3.63) is 65.2 Å². The molecule has 2 aromatic carbocycles. The van der Waals surface area contributed by atoms with Crippen LogP contribution < -0.4 is 11.1 Å². The molecule has 20 heavy (non-hydrogen) atoms. The maximum atomic E-state index is 11.8. The van der Waals surface area contributed by atoms with E-state index < -0.39 is 0 Å². The highest BCUT2D eigenvalue weighted by Crippen LogP contribution is 2.16. The van der Waals surface area contributed by atoms with Crippen LogP contribution in [0.5, 0.6) is 0 Å². The van der Waals surface area contributed by atoms with Crippen molar-refractivity contribution in [3.8, 4) is 0 Å². The lowest BCUT2D eigenvalue weighted by Crippen LogP contribution is -2.25. The molecule has 0 aliphatic rings. The van der Waals surface area contributed by atoms with E-state index in [2.05, 4.69) is 5.32 Å². The van der Waals surface area contributed by atoms with Crippen molar-refractivity contribution < 1.29 is 9.59 Å². The van der Waals surface area contributed by atoms with Crippen LogP contribution >= 0.6 is 0 Å². The van der Waals surface area contributed by atoms with Gasteiger partial charge in [0.1, 0.15) is 0 Å². The Morgan fingerprint density at radius 1 is 1.10 bits per heavy atom. The van der Waals surface area contributed by atoms with Crippen LogP contribution in [-0.2, 0) is 6.42 Å². The van der Waals surface area contributed by atoms with Crippen LogP contribution in [0.4, 0.5) is 5.69 Å². The third kappa shape index (κ3) is 3.23. The SMILES string of the molecule is Nc1c(C=O)cccc1CCNC(=O)c1ccccc1. The Labute approximate surface area is 117 Å². The molecule has 0 saturated heterocycles. The zero-order valence-electron chi connectivity index (χ0n) is 11.0. The first kappa shape index (κ1) is 13.8. The van der Waals surface area contributed by atoms with E-state index in [-0.39, 0.29) is 5.91 Å². The molecule has 0 bridgehead atoms. The van der Waals surface area contributed by atoms with Crippen molar-refractivity contribution in [3.63, 3.8) is 0 Å². The number of nitrogens with two attached hydrogens (primary N) is 1. The van der Waals surface area contributed by atoms with Gasteiger partial charge in [0.25, 0.3) is 5.91 Å². The Morgan fingerprint density at radius 2 is 1.85 bits per heavy atom. The molecular formula is C16H16N2O2. The summed E-state index contributed by atoms with van der Waals surface area (Å²) < 4.78 is 0. The van der Waals surface area contributed by atoms with Gasteiger partial charge in [0.2, 0.25) is 0 Å². The number of para-hydroxylation sites is 1. The Kier molecular flexibility index (Phi) is 4.50. The average molecular weight is 268 g/mol. The smallest absolute Gasteiger partial charge is 0.251 e. The van der Waals surface area contributed by atoms with Gasteiger partial charge >= 0.3 is 0 Å². The maximum absolute atomic E-state index is 11.8. The van der Waals surface area contributed by atoms with E-state index in [0.717, 1.165) is 11.8 Å². The summed E-state index contributed by atoms with van der Waals surface area (Å²) in [6.45, 7) is 0.472. The summed E-state index contributed by atoms with van der Waals surface area (Å²) in [4.78, 5) is 22.6. The van der Waals surface area contributed by atoms with Crippen molar-refractivity contribution in [2.24, 2.45) is 0 Å². The summed E-state index contributed by atoms with van der Waals surface area (Å²) in [5, 5.41) is 2.83. The topological polar surface area (TPSA) is 72.2 Å². The molecule has 0 fully saturated rings. The Balaban J connectivity index is 1.94. The van der Waals surface area contributed by atoms with Gasteiger partial charge in [0.15, 0.2) is 6.29 Å². The minimum atomic E-state index is -0.115. The molecule has 0 atom stereocenters. The lowest BCUT2D eigenvalue weighted by Gasteiger charge is -2.09. The summed E-state index contributed by atoms with van der Waals surface area (Å²) in [7, 11) is 0. The number of benzene rings is 2. The number of nitrogen functional groups attached to an aromatic ring is 1. The molecule has 0 aliphatic carbocycles. The van der Waals surface area contributed by atoms with Crippen molar-refractivity contribution >= 4 is 17.9 Å². The standard InChI is InChI=1S/C16H16N2O2/c17-15-12(7-4-8-14(15)11-19)9-10-18-16(20)13-5-2-1-3-6-13/h1-8,11H,9-10,17H2,(H,18,20). The van der Waals surface area contributed by atoms with Crippen molar-refractivity contribution in [2.75, 3.05) is 12.3 Å². The van der Waals surface area contributed by atoms with Gasteiger partial charge in [-0.05, 0) is 30.2 Å². The Bertz CT molecular complexity index is 609. The van der Waals surface area contributed by atoms with Gasteiger partial charge in [-0.2, -0.15) is 0 Å². The molecule has 0 aliphatic heterocycles. The van der Waals surface area contributed by atoms with E-state index >= 15 is 0 Å². The fourth-order valence-corrected chi connectivity index (χ4v) is 1.96. The predicted octanol–water partition coefficient (Wildman–Crippen LogP) is 2.05. The fourth-order valence-electron chi connectivity index (χ4n) is 1.96. The molecule has 0 spiro atoms. The van der Waals surface area contributed by atoms with Crippen LogP contribution in [0, 0.1) is 0 Å². The van der Waals surface area contributed by atoms with E-state index in [1.165, 1.54) is 0 Å². The lowest BCUT2D eigenvalue weighted by atomic mass is 10.1. The molecule has 0 radical (unpaired) electrons. The number of rotatable bonds is 5. The van der Waals surface area contributed by atoms with E-state index in [0.29, 0.717) is 29.8 Å². The number of aldehydes is 1. The fraction of sp³-hybridized carbons (Fsp3) is 0.125. The van der Waals surface area contributed by atoms with Gasteiger partial charge in [0.05, 0.1) is 0 Å². The minimum Gasteiger partial charge on any atom is -0.398 e. The van der Waals surface area contributed by atoms with Gasteiger partial charge < -0.3 is 11.1 Å². The molecule has 4 nitrogen and oxygen atoms in total. The van der Waals surface area contributed by atoms with E-state index in [4.69, 9.17) is 5.73 Å². The first-order valence-corrected chi connectivity index (χ1v) is 6.38. The number of carbonyl (C=O) groups excluding carboxylic acids is 2. The van der Waals surface area contributed by atoms with Gasteiger partial charge in [0, 0.05) is 23.4 Å². The molecule has 1 amide bonds. The number of anilines is 1. The zero-order valence-corrected chi connectivity index (χ0v) is 11.0. The molecule has 102 valence electrons. The van der Waals surface area contributed by atoms with Crippen molar-refractivity contribution in [1.29, 1.82) is 0 Å². The summed E-state index contributed by atoms with van der Waals surface area (Å²) in [6.07, 6.45) is 1.33. The van der Waals surface area contributed by atoms with Crippen LogP contribution in [0.25, 0.3) is 0 Å². The quantitative estimate of drug-likeness (QED) is 0.644. The van der Waals surface area contributed by atoms with Crippen LogP contribution in [0.2, 0.25) is 0 Å². The van der Waals surface area contributed by atoms with E-state index in [1.54, 1.807) is 24.3 Å². The second-order valence-corrected chi connectivity index (χ2v) is 4.41. The van der Waals surface area contributed by atoms with E-state index in [1.807, 2.05) is 24.3 Å². The van der Waals surface area contributed by atoms with Crippen molar-refractivity contribution in [1.82, 2.24) is 5.32 Å². The number of hydrogen-bond donors (Lipinski definition) is 2. The maximum Gasteiger partial charge on any atom is 0.251 e. The first-order chi connectivity index (χ1) is 9.72. The summed E-state index contributed by atoms with van der Waals surface area (Å²) in [5.41, 5.74) is 8.33.